The standard InChI is InChI=1S/C13H21N3O/c1-5-7-14-11-9-13(17-6-2)16-12(15-11)8-10(3)4/h5,9-10H,1,6-8H2,2-4H3,(H,14,15,16). The van der Waals surface area contributed by atoms with Crippen LogP contribution < -0.4 is 10.1 Å². The van der Waals surface area contributed by atoms with Crippen LogP contribution in [0.25, 0.3) is 0 Å². The minimum absolute atomic E-state index is 0.527. The highest BCUT2D eigenvalue weighted by Gasteiger charge is 2.06. The summed E-state index contributed by atoms with van der Waals surface area (Å²) in [4.78, 5) is 8.82. The van der Waals surface area contributed by atoms with Gasteiger partial charge < -0.3 is 10.1 Å². The molecule has 1 rings (SSSR count). The normalized spacial score (nSPS) is 10.4. The lowest BCUT2D eigenvalue weighted by molar-refractivity contribution is 0.324. The number of rotatable bonds is 7. The highest BCUT2D eigenvalue weighted by atomic mass is 16.5. The Morgan fingerprint density at radius 1 is 1.47 bits per heavy atom. The van der Waals surface area contributed by atoms with Crippen LogP contribution in [0.2, 0.25) is 0 Å². The quantitative estimate of drug-likeness (QED) is 0.738. The van der Waals surface area contributed by atoms with Gasteiger partial charge >= 0.3 is 0 Å². The molecule has 0 spiro atoms. The SMILES string of the molecule is C=CCNc1cc(OCC)nc(CC(C)C)n1. The first-order valence-electron chi connectivity index (χ1n) is 6.01. The van der Waals surface area contributed by atoms with Gasteiger partial charge in [-0.15, -0.1) is 6.58 Å². The second kappa shape index (κ2) is 6.89. The van der Waals surface area contributed by atoms with Crippen molar-refractivity contribution in [3.63, 3.8) is 0 Å². The molecule has 94 valence electrons. The molecule has 0 aromatic carbocycles. The molecule has 1 N–H and O–H groups in total. The number of hydrogen-bond donors (Lipinski definition) is 1. The number of ether oxygens (including phenoxy) is 1. The van der Waals surface area contributed by atoms with Gasteiger partial charge in [-0.1, -0.05) is 19.9 Å². The molecule has 0 saturated heterocycles. The van der Waals surface area contributed by atoms with Crippen molar-refractivity contribution >= 4 is 5.82 Å². The molecular formula is C13H21N3O. The van der Waals surface area contributed by atoms with Gasteiger partial charge in [-0.2, -0.15) is 4.98 Å². The van der Waals surface area contributed by atoms with Gasteiger partial charge in [0.25, 0.3) is 0 Å². The van der Waals surface area contributed by atoms with E-state index in [0.29, 0.717) is 24.9 Å². The van der Waals surface area contributed by atoms with Crippen LogP contribution in [0.1, 0.15) is 26.6 Å². The summed E-state index contributed by atoms with van der Waals surface area (Å²) >= 11 is 0. The minimum Gasteiger partial charge on any atom is -0.478 e. The van der Waals surface area contributed by atoms with Crippen molar-refractivity contribution in [2.75, 3.05) is 18.5 Å². The van der Waals surface area contributed by atoms with Gasteiger partial charge in [0.1, 0.15) is 11.6 Å². The molecule has 4 heteroatoms. The summed E-state index contributed by atoms with van der Waals surface area (Å²) in [5.74, 6) is 2.76. The third-order valence-corrected chi connectivity index (χ3v) is 2.06. The predicted molar refractivity (Wildman–Crippen MR) is 70.4 cm³/mol. The van der Waals surface area contributed by atoms with Crippen LogP contribution in [0.5, 0.6) is 5.88 Å². The molecule has 1 aromatic heterocycles. The summed E-state index contributed by atoms with van der Waals surface area (Å²) in [5.41, 5.74) is 0. The number of nitrogens with one attached hydrogen (secondary N) is 1. The van der Waals surface area contributed by atoms with Crippen molar-refractivity contribution in [1.29, 1.82) is 0 Å². The average molecular weight is 235 g/mol. The van der Waals surface area contributed by atoms with Crippen LogP contribution in [0.15, 0.2) is 18.7 Å². The third-order valence-electron chi connectivity index (χ3n) is 2.06. The van der Waals surface area contributed by atoms with E-state index in [-0.39, 0.29) is 0 Å². The fourth-order valence-electron chi connectivity index (χ4n) is 1.42. The van der Waals surface area contributed by atoms with Crippen molar-refractivity contribution in [3.8, 4) is 5.88 Å². The maximum absolute atomic E-state index is 5.43. The van der Waals surface area contributed by atoms with Crippen molar-refractivity contribution in [2.24, 2.45) is 5.92 Å². The molecular weight excluding hydrogens is 214 g/mol. The second-order valence-electron chi connectivity index (χ2n) is 4.21. The van der Waals surface area contributed by atoms with E-state index in [1.807, 2.05) is 13.0 Å². The van der Waals surface area contributed by atoms with E-state index in [1.165, 1.54) is 0 Å². The lowest BCUT2D eigenvalue weighted by Crippen LogP contribution is -2.08. The Bertz CT molecular complexity index is 364. The number of nitrogens with zero attached hydrogens (tertiary/aromatic N) is 2. The molecule has 0 fully saturated rings. The maximum Gasteiger partial charge on any atom is 0.218 e. The first-order valence-corrected chi connectivity index (χ1v) is 6.01. The lowest BCUT2D eigenvalue weighted by atomic mass is 10.1. The van der Waals surface area contributed by atoms with Crippen LogP contribution in [0.4, 0.5) is 5.82 Å². The highest BCUT2D eigenvalue weighted by molar-refractivity contribution is 5.39. The van der Waals surface area contributed by atoms with Crippen molar-refractivity contribution in [3.05, 3.63) is 24.5 Å². The van der Waals surface area contributed by atoms with Gasteiger partial charge in [-0.3, -0.25) is 0 Å². The summed E-state index contributed by atoms with van der Waals surface area (Å²) in [6.07, 6.45) is 2.65. The molecule has 0 bridgehead atoms. The van der Waals surface area contributed by atoms with Crippen LogP contribution in [-0.4, -0.2) is 23.1 Å². The number of hydrogen-bond acceptors (Lipinski definition) is 4. The van der Waals surface area contributed by atoms with Crippen LogP contribution in [0, 0.1) is 5.92 Å². The Balaban J connectivity index is 2.87. The Kier molecular flexibility index (Phi) is 5.46. The van der Waals surface area contributed by atoms with E-state index in [1.54, 1.807) is 6.08 Å². The van der Waals surface area contributed by atoms with E-state index in [2.05, 4.69) is 35.7 Å². The third kappa shape index (κ3) is 4.85. The summed E-state index contributed by atoms with van der Waals surface area (Å²) in [6, 6.07) is 1.82. The minimum atomic E-state index is 0.527. The van der Waals surface area contributed by atoms with Crippen molar-refractivity contribution in [1.82, 2.24) is 9.97 Å². The Labute approximate surface area is 103 Å². The summed E-state index contributed by atoms with van der Waals surface area (Å²) in [6.45, 7) is 11.2. The molecule has 1 aromatic rings. The Hall–Kier alpha value is -1.58. The fourth-order valence-corrected chi connectivity index (χ4v) is 1.42. The Morgan fingerprint density at radius 2 is 2.24 bits per heavy atom. The molecule has 0 aliphatic carbocycles. The Morgan fingerprint density at radius 3 is 2.82 bits per heavy atom. The topological polar surface area (TPSA) is 47.0 Å². The van der Waals surface area contributed by atoms with E-state index in [4.69, 9.17) is 4.74 Å². The van der Waals surface area contributed by atoms with Crippen LogP contribution >= 0.6 is 0 Å². The zero-order chi connectivity index (χ0) is 12.7. The molecule has 0 saturated carbocycles. The lowest BCUT2D eigenvalue weighted by Gasteiger charge is -2.10. The van der Waals surface area contributed by atoms with Gasteiger partial charge in [-0.25, -0.2) is 4.98 Å². The van der Waals surface area contributed by atoms with Crippen LogP contribution in [-0.2, 0) is 6.42 Å². The van der Waals surface area contributed by atoms with Gasteiger partial charge in [0.15, 0.2) is 0 Å². The van der Waals surface area contributed by atoms with Gasteiger partial charge in [0.05, 0.1) is 6.61 Å². The monoisotopic (exact) mass is 235 g/mol. The first kappa shape index (κ1) is 13.5. The van der Waals surface area contributed by atoms with Gasteiger partial charge in [0, 0.05) is 19.0 Å². The average Bonchev–Trinajstić information content (AvgIpc) is 2.25. The molecule has 0 unspecified atom stereocenters. The number of aromatic nitrogens is 2. The van der Waals surface area contributed by atoms with E-state index >= 15 is 0 Å². The summed E-state index contributed by atoms with van der Waals surface area (Å²) in [7, 11) is 0. The molecule has 0 radical (unpaired) electrons. The summed E-state index contributed by atoms with van der Waals surface area (Å²) < 4.78 is 5.43. The second-order valence-corrected chi connectivity index (χ2v) is 4.21. The smallest absolute Gasteiger partial charge is 0.218 e. The van der Waals surface area contributed by atoms with Crippen molar-refractivity contribution in [2.45, 2.75) is 27.2 Å². The van der Waals surface area contributed by atoms with E-state index < -0.39 is 0 Å². The van der Waals surface area contributed by atoms with Crippen molar-refractivity contribution < 1.29 is 4.74 Å². The first-order chi connectivity index (χ1) is 8.15. The van der Waals surface area contributed by atoms with E-state index in [0.717, 1.165) is 18.1 Å². The van der Waals surface area contributed by atoms with Crippen LogP contribution in [0.3, 0.4) is 0 Å². The highest BCUT2D eigenvalue weighted by Crippen LogP contribution is 2.15. The number of anilines is 1. The zero-order valence-corrected chi connectivity index (χ0v) is 10.9. The predicted octanol–water partition coefficient (Wildman–Crippen LogP) is 2.67. The van der Waals surface area contributed by atoms with Gasteiger partial charge in [0.2, 0.25) is 5.88 Å². The molecule has 0 aliphatic heterocycles. The molecule has 0 atom stereocenters. The fraction of sp³-hybridized carbons (Fsp3) is 0.538. The largest absolute Gasteiger partial charge is 0.478 e. The van der Waals surface area contributed by atoms with Gasteiger partial charge in [-0.05, 0) is 12.8 Å². The maximum atomic E-state index is 5.43. The molecule has 4 nitrogen and oxygen atoms in total. The molecule has 1 heterocycles. The molecule has 17 heavy (non-hydrogen) atoms. The molecule has 0 aliphatic rings. The zero-order valence-electron chi connectivity index (χ0n) is 10.9. The molecule has 0 amide bonds. The van der Waals surface area contributed by atoms with E-state index in [9.17, 15) is 0 Å². The summed E-state index contributed by atoms with van der Waals surface area (Å²) in [5, 5.41) is 3.16.